The van der Waals surface area contributed by atoms with Crippen molar-refractivity contribution in [3.63, 3.8) is 0 Å². The third-order valence-electron chi connectivity index (χ3n) is 5.48. The van der Waals surface area contributed by atoms with Gasteiger partial charge in [0.1, 0.15) is 0 Å². The van der Waals surface area contributed by atoms with Crippen LogP contribution in [0.15, 0.2) is 35.7 Å². The van der Waals surface area contributed by atoms with Crippen LogP contribution in [0.2, 0.25) is 0 Å². The first-order chi connectivity index (χ1) is 13.4. The van der Waals surface area contributed by atoms with E-state index in [4.69, 9.17) is 0 Å². The number of aryl methyl sites for hydroxylation is 1. The Morgan fingerprint density at radius 3 is 2.71 bits per heavy atom. The first-order valence-corrected chi connectivity index (χ1v) is 11.0. The van der Waals surface area contributed by atoms with Crippen molar-refractivity contribution in [1.29, 1.82) is 0 Å². The Hall–Kier alpha value is -2.14. The van der Waals surface area contributed by atoms with Gasteiger partial charge in [-0.1, -0.05) is 29.8 Å². The van der Waals surface area contributed by atoms with E-state index >= 15 is 0 Å². The highest BCUT2D eigenvalue weighted by atomic mass is 32.1. The van der Waals surface area contributed by atoms with E-state index in [9.17, 15) is 9.59 Å². The topological polar surface area (TPSA) is 40.6 Å². The molecule has 150 valence electrons. The van der Waals surface area contributed by atoms with E-state index in [-0.39, 0.29) is 36.7 Å². The summed E-state index contributed by atoms with van der Waals surface area (Å²) >= 11 is 1.77. The summed E-state index contributed by atoms with van der Waals surface area (Å²) in [5.41, 5.74) is 3.58. The first kappa shape index (κ1) is 20.6. The van der Waals surface area contributed by atoms with Crippen molar-refractivity contribution in [2.24, 2.45) is 0 Å². The molecule has 1 aromatic heterocycles. The van der Waals surface area contributed by atoms with E-state index in [1.807, 2.05) is 30.6 Å². The van der Waals surface area contributed by atoms with Crippen molar-refractivity contribution < 1.29 is 9.59 Å². The highest BCUT2D eigenvalue weighted by Crippen LogP contribution is 2.38. The van der Waals surface area contributed by atoms with Crippen LogP contribution in [0.4, 0.5) is 0 Å². The molecule has 2 amide bonds. The molecule has 1 aliphatic rings. The second-order valence-corrected chi connectivity index (χ2v) is 8.73. The highest BCUT2D eigenvalue weighted by Gasteiger charge is 2.33. The highest BCUT2D eigenvalue weighted by molar-refractivity contribution is 7.10. The van der Waals surface area contributed by atoms with Crippen LogP contribution in [-0.2, 0) is 16.0 Å². The van der Waals surface area contributed by atoms with E-state index in [1.165, 1.54) is 16.0 Å². The minimum Gasteiger partial charge on any atom is -0.341 e. The summed E-state index contributed by atoms with van der Waals surface area (Å²) in [5.74, 6) is 0.128. The zero-order valence-electron chi connectivity index (χ0n) is 17.3. The molecule has 1 unspecified atom stereocenters. The van der Waals surface area contributed by atoms with E-state index in [0.29, 0.717) is 13.1 Å². The summed E-state index contributed by atoms with van der Waals surface area (Å²) in [7, 11) is 0. The van der Waals surface area contributed by atoms with Gasteiger partial charge in [0.05, 0.1) is 6.04 Å². The second-order valence-electron chi connectivity index (χ2n) is 7.73. The molecule has 1 aromatic carbocycles. The summed E-state index contributed by atoms with van der Waals surface area (Å²) in [6.07, 6.45) is 1.43. The van der Waals surface area contributed by atoms with Crippen LogP contribution in [-0.4, -0.2) is 40.7 Å². The Kier molecular flexibility index (Phi) is 6.55. The van der Waals surface area contributed by atoms with Gasteiger partial charge < -0.3 is 9.80 Å². The van der Waals surface area contributed by atoms with Gasteiger partial charge in [0, 0.05) is 36.9 Å². The maximum Gasteiger partial charge on any atom is 0.223 e. The molecule has 0 fully saturated rings. The molecule has 1 atom stereocenters. The van der Waals surface area contributed by atoms with Crippen molar-refractivity contribution >= 4 is 23.2 Å². The molecule has 3 rings (SSSR count). The van der Waals surface area contributed by atoms with Crippen molar-refractivity contribution in [2.75, 3.05) is 13.1 Å². The van der Waals surface area contributed by atoms with Crippen LogP contribution in [0, 0.1) is 6.92 Å². The molecule has 0 aliphatic carbocycles. The van der Waals surface area contributed by atoms with Crippen molar-refractivity contribution in [1.82, 2.24) is 9.80 Å². The van der Waals surface area contributed by atoms with E-state index < -0.39 is 0 Å². The number of amides is 2. The molecule has 0 bridgehead atoms. The lowest BCUT2D eigenvalue weighted by Gasteiger charge is -2.36. The number of nitrogens with zero attached hydrogens (tertiary/aromatic N) is 2. The van der Waals surface area contributed by atoms with E-state index in [2.05, 4.69) is 42.6 Å². The molecule has 0 N–H and O–H groups in total. The van der Waals surface area contributed by atoms with Gasteiger partial charge in [0.2, 0.25) is 11.8 Å². The first-order valence-electron chi connectivity index (χ1n) is 10.1. The fraction of sp³-hybridized carbons (Fsp3) is 0.478. The fourth-order valence-corrected chi connectivity index (χ4v) is 5.02. The molecule has 0 radical (unpaired) electrons. The minimum atomic E-state index is -0.0510. The summed E-state index contributed by atoms with van der Waals surface area (Å²) in [4.78, 5) is 30.8. The number of benzene rings is 1. The summed E-state index contributed by atoms with van der Waals surface area (Å²) in [6, 6.07) is 10.7. The number of carbonyl (C=O) groups is 2. The Morgan fingerprint density at radius 1 is 1.25 bits per heavy atom. The molecular formula is C23H30N2O2S. The number of fused-ring (bicyclic) bond motifs is 1. The fourth-order valence-electron chi connectivity index (χ4n) is 4.12. The molecule has 0 spiro atoms. The molecule has 2 aromatic rings. The third kappa shape index (κ3) is 4.30. The maximum atomic E-state index is 13.1. The average molecular weight is 399 g/mol. The van der Waals surface area contributed by atoms with Gasteiger partial charge in [-0.3, -0.25) is 9.59 Å². The smallest absolute Gasteiger partial charge is 0.223 e. The normalized spacial score (nSPS) is 16.2. The summed E-state index contributed by atoms with van der Waals surface area (Å²) in [5, 5.41) is 2.12. The van der Waals surface area contributed by atoms with Gasteiger partial charge in [-0.15, -0.1) is 11.3 Å². The van der Waals surface area contributed by atoms with Gasteiger partial charge in [-0.2, -0.15) is 0 Å². The quantitative estimate of drug-likeness (QED) is 0.715. The molecule has 5 heteroatoms. The molecular weight excluding hydrogens is 368 g/mol. The van der Waals surface area contributed by atoms with Gasteiger partial charge in [-0.05, 0) is 56.7 Å². The van der Waals surface area contributed by atoms with Crippen molar-refractivity contribution in [3.8, 4) is 0 Å². The lowest BCUT2D eigenvalue weighted by Crippen LogP contribution is -2.41. The SMILES string of the molecule is CCN(C(=O)CCC(=O)N1CCc2sccc2C1c1cccc(C)c1)C(C)C. The van der Waals surface area contributed by atoms with Crippen LogP contribution in [0.5, 0.6) is 0 Å². The van der Waals surface area contributed by atoms with Gasteiger partial charge in [0.25, 0.3) is 0 Å². The number of hydrogen-bond acceptors (Lipinski definition) is 3. The average Bonchev–Trinajstić information content (AvgIpc) is 3.14. The van der Waals surface area contributed by atoms with E-state index in [1.54, 1.807) is 11.3 Å². The van der Waals surface area contributed by atoms with Crippen LogP contribution in [0.1, 0.15) is 61.2 Å². The van der Waals surface area contributed by atoms with Gasteiger partial charge in [0.15, 0.2) is 0 Å². The van der Waals surface area contributed by atoms with Crippen LogP contribution in [0.25, 0.3) is 0 Å². The summed E-state index contributed by atoms with van der Waals surface area (Å²) < 4.78 is 0. The van der Waals surface area contributed by atoms with Crippen LogP contribution >= 0.6 is 11.3 Å². The van der Waals surface area contributed by atoms with Crippen LogP contribution < -0.4 is 0 Å². The third-order valence-corrected chi connectivity index (χ3v) is 6.48. The Morgan fingerprint density at radius 2 is 2.04 bits per heavy atom. The maximum absolute atomic E-state index is 13.1. The number of carbonyl (C=O) groups excluding carboxylic acids is 2. The molecule has 0 saturated heterocycles. The second kappa shape index (κ2) is 8.91. The van der Waals surface area contributed by atoms with Crippen LogP contribution in [0.3, 0.4) is 0 Å². The van der Waals surface area contributed by atoms with Crippen molar-refractivity contribution in [2.45, 2.75) is 59.0 Å². The zero-order chi connectivity index (χ0) is 20.3. The Labute approximate surface area is 172 Å². The molecule has 1 aliphatic heterocycles. The van der Waals surface area contributed by atoms with E-state index in [0.717, 1.165) is 12.0 Å². The predicted molar refractivity (Wildman–Crippen MR) is 115 cm³/mol. The lowest BCUT2D eigenvalue weighted by atomic mass is 9.92. The number of thiophene rings is 1. The molecule has 2 heterocycles. The largest absolute Gasteiger partial charge is 0.341 e. The number of hydrogen-bond donors (Lipinski definition) is 0. The molecule has 28 heavy (non-hydrogen) atoms. The Bertz CT molecular complexity index is 843. The minimum absolute atomic E-state index is 0.0510. The monoisotopic (exact) mass is 398 g/mol. The standard InChI is InChI=1S/C23H30N2O2S/c1-5-24(16(2)3)21(26)9-10-22(27)25-13-11-20-19(12-14-28-20)23(25)18-8-6-7-17(4)15-18/h6-8,12,14-16,23H,5,9-11,13H2,1-4H3. The lowest BCUT2D eigenvalue weighted by molar-refractivity contribution is -0.139. The van der Waals surface area contributed by atoms with Gasteiger partial charge >= 0.3 is 0 Å². The molecule has 4 nitrogen and oxygen atoms in total. The number of rotatable bonds is 6. The zero-order valence-corrected chi connectivity index (χ0v) is 18.1. The van der Waals surface area contributed by atoms with Gasteiger partial charge in [-0.25, -0.2) is 0 Å². The summed E-state index contributed by atoms with van der Waals surface area (Å²) in [6.45, 7) is 9.48. The van der Waals surface area contributed by atoms with Crippen molar-refractivity contribution in [3.05, 3.63) is 57.3 Å². The predicted octanol–water partition coefficient (Wildman–Crippen LogP) is 4.57. The molecule has 0 saturated carbocycles. The Balaban J connectivity index is 1.79.